The van der Waals surface area contributed by atoms with Crippen LogP contribution >= 0.6 is 23.4 Å². The zero-order chi connectivity index (χ0) is 29.8. The number of aliphatic hydroxyl groups is 1. The highest BCUT2D eigenvalue weighted by molar-refractivity contribution is 8.00. The van der Waals surface area contributed by atoms with E-state index in [-0.39, 0.29) is 34.5 Å². The van der Waals surface area contributed by atoms with Gasteiger partial charge >= 0.3 is 0 Å². The van der Waals surface area contributed by atoms with Gasteiger partial charge in [0, 0.05) is 10.3 Å². The van der Waals surface area contributed by atoms with Gasteiger partial charge < -0.3 is 31.1 Å². The summed E-state index contributed by atoms with van der Waals surface area (Å²) in [5.41, 5.74) is 6.49. The topological polar surface area (TPSA) is 134 Å². The van der Waals surface area contributed by atoms with Crippen LogP contribution in [0.2, 0.25) is 5.02 Å². The van der Waals surface area contributed by atoms with Crippen LogP contribution < -0.4 is 21.1 Å². The van der Waals surface area contributed by atoms with Crippen LogP contribution in [0.5, 0.6) is 5.75 Å². The first-order chi connectivity index (χ1) is 18.6. The molecule has 1 fully saturated rings. The molecule has 5 N–H and O–H groups in total. The van der Waals surface area contributed by atoms with Crippen molar-refractivity contribution in [2.24, 2.45) is 0 Å². The molecule has 1 aliphatic rings. The van der Waals surface area contributed by atoms with Crippen molar-refractivity contribution in [1.82, 2.24) is 15.5 Å². The molecule has 0 saturated carbocycles. The Morgan fingerprint density at radius 1 is 1.20 bits per heavy atom. The molecule has 0 spiro atoms. The number of rotatable bonds is 9. The van der Waals surface area contributed by atoms with Crippen LogP contribution in [0.25, 0.3) is 0 Å². The van der Waals surface area contributed by atoms with Gasteiger partial charge in [0.1, 0.15) is 11.8 Å². The largest absolute Gasteiger partial charge is 0.494 e. The van der Waals surface area contributed by atoms with Crippen LogP contribution in [0.3, 0.4) is 0 Å². The molecule has 40 heavy (non-hydrogen) atoms. The summed E-state index contributed by atoms with van der Waals surface area (Å²) >= 11 is 7.73. The SMILES string of the molecule is CCOc1ccc(C[C@H](NC(=O)c2cccc(N)c2Cl)[C@H](O)C(=O)N2CSC(C)(C)C2C(=O)NC(C)(C)C)cc1. The number of nitrogen functional groups attached to an aromatic ring is 1. The molecule has 1 unspecified atom stereocenters. The first kappa shape index (κ1) is 31.6. The number of benzene rings is 2. The van der Waals surface area contributed by atoms with E-state index in [1.807, 2.05) is 53.7 Å². The maximum Gasteiger partial charge on any atom is 0.254 e. The lowest BCUT2D eigenvalue weighted by atomic mass is 9.96. The van der Waals surface area contributed by atoms with Crippen LogP contribution in [0, 0.1) is 0 Å². The van der Waals surface area contributed by atoms with Gasteiger partial charge in [0.05, 0.1) is 34.8 Å². The molecule has 1 heterocycles. The van der Waals surface area contributed by atoms with Crippen molar-refractivity contribution in [2.45, 2.75) is 76.4 Å². The molecule has 9 nitrogen and oxygen atoms in total. The number of nitrogens with one attached hydrogen (secondary N) is 2. The second-order valence-corrected chi connectivity index (χ2v) is 13.3. The maximum atomic E-state index is 13.8. The van der Waals surface area contributed by atoms with E-state index < -0.39 is 40.3 Å². The minimum Gasteiger partial charge on any atom is -0.494 e. The van der Waals surface area contributed by atoms with Crippen LogP contribution in [0.15, 0.2) is 42.5 Å². The molecule has 3 amide bonds. The van der Waals surface area contributed by atoms with Crippen molar-refractivity contribution in [2.75, 3.05) is 18.2 Å². The van der Waals surface area contributed by atoms with E-state index in [0.29, 0.717) is 12.4 Å². The van der Waals surface area contributed by atoms with Gasteiger partial charge in [-0.1, -0.05) is 29.8 Å². The summed E-state index contributed by atoms with van der Waals surface area (Å²) in [5, 5.41) is 17.2. The second-order valence-electron chi connectivity index (χ2n) is 11.3. The van der Waals surface area contributed by atoms with Gasteiger partial charge in [-0.15, -0.1) is 11.8 Å². The lowest BCUT2D eigenvalue weighted by molar-refractivity contribution is -0.147. The van der Waals surface area contributed by atoms with Gasteiger partial charge in [-0.25, -0.2) is 0 Å². The number of amides is 3. The Balaban J connectivity index is 1.91. The van der Waals surface area contributed by atoms with Crippen molar-refractivity contribution >= 4 is 46.8 Å². The number of hydrogen-bond donors (Lipinski definition) is 4. The third kappa shape index (κ3) is 7.62. The van der Waals surface area contributed by atoms with Crippen LogP contribution in [-0.2, 0) is 16.0 Å². The normalized spacial score (nSPS) is 18.1. The predicted octanol–water partition coefficient (Wildman–Crippen LogP) is 3.62. The van der Waals surface area contributed by atoms with Gasteiger partial charge in [0.25, 0.3) is 11.8 Å². The summed E-state index contributed by atoms with van der Waals surface area (Å²) in [6, 6.07) is 10.0. The average molecular weight is 591 g/mol. The fourth-order valence-corrected chi connectivity index (χ4v) is 5.90. The Kier molecular flexibility index (Phi) is 10.0. The molecule has 1 aliphatic heterocycles. The molecule has 1 saturated heterocycles. The van der Waals surface area contributed by atoms with Gasteiger partial charge in [0.2, 0.25) is 5.91 Å². The number of nitrogens with two attached hydrogens (primary N) is 1. The van der Waals surface area contributed by atoms with Crippen molar-refractivity contribution in [1.29, 1.82) is 0 Å². The first-order valence-electron chi connectivity index (χ1n) is 13.2. The highest BCUT2D eigenvalue weighted by Crippen LogP contribution is 2.40. The van der Waals surface area contributed by atoms with Crippen molar-refractivity contribution < 1.29 is 24.2 Å². The molecule has 3 atom stereocenters. The van der Waals surface area contributed by atoms with E-state index in [1.54, 1.807) is 24.3 Å². The number of aliphatic hydroxyl groups excluding tert-OH is 1. The number of ether oxygens (including phenoxy) is 1. The number of halogens is 1. The van der Waals surface area contributed by atoms with Gasteiger partial charge in [-0.2, -0.15) is 0 Å². The average Bonchev–Trinajstić information content (AvgIpc) is 3.19. The van der Waals surface area contributed by atoms with E-state index >= 15 is 0 Å². The van der Waals surface area contributed by atoms with Gasteiger partial charge in [0.15, 0.2) is 6.10 Å². The minimum absolute atomic E-state index is 0.0808. The van der Waals surface area contributed by atoms with E-state index in [2.05, 4.69) is 10.6 Å². The van der Waals surface area contributed by atoms with Crippen molar-refractivity contribution in [3.8, 4) is 5.75 Å². The summed E-state index contributed by atoms with van der Waals surface area (Å²) in [5.74, 6) is -0.642. The molecule has 2 aromatic carbocycles. The summed E-state index contributed by atoms with van der Waals surface area (Å²) in [7, 11) is 0. The summed E-state index contributed by atoms with van der Waals surface area (Å²) in [6.07, 6.45) is -1.51. The van der Waals surface area contributed by atoms with Gasteiger partial charge in [-0.3, -0.25) is 14.4 Å². The fraction of sp³-hybridized carbons (Fsp3) is 0.483. The zero-order valence-corrected chi connectivity index (χ0v) is 25.4. The molecular formula is C29H39ClN4O5S. The predicted molar refractivity (Wildman–Crippen MR) is 160 cm³/mol. The number of carbonyl (C=O) groups excluding carboxylic acids is 3. The van der Waals surface area contributed by atoms with Crippen LogP contribution in [0.1, 0.15) is 57.5 Å². The fourth-order valence-electron chi connectivity index (χ4n) is 4.55. The Morgan fingerprint density at radius 2 is 1.85 bits per heavy atom. The minimum atomic E-state index is -1.64. The second kappa shape index (κ2) is 12.7. The maximum absolute atomic E-state index is 13.8. The van der Waals surface area contributed by atoms with Crippen LogP contribution in [-0.4, -0.2) is 68.7 Å². The summed E-state index contributed by atoms with van der Waals surface area (Å²) in [4.78, 5) is 41.7. The van der Waals surface area contributed by atoms with Gasteiger partial charge in [-0.05, 0) is 77.8 Å². The number of nitrogens with zero attached hydrogens (tertiary/aromatic N) is 1. The molecular weight excluding hydrogens is 552 g/mol. The highest BCUT2D eigenvalue weighted by Gasteiger charge is 2.50. The third-order valence-corrected chi connectivity index (χ3v) is 8.29. The smallest absolute Gasteiger partial charge is 0.254 e. The Morgan fingerprint density at radius 3 is 2.45 bits per heavy atom. The Bertz CT molecular complexity index is 1230. The standard InChI is InChI=1S/C29H39ClN4O5S/c1-7-39-18-13-11-17(12-14-18)15-21(32-25(36)19-9-8-10-20(31)22(19)30)23(35)27(38)34-16-40-29(5,6)24(34)26(37)33-28(2,3)4/h8-14,21,23-24,35H,7,15-16,31H2,1-6H3,(H,32,36)(H,33,37)/t21-,23-,24?/m0/s1. The van der Waals surface area contributed by atoms with E-state index in [1.165, 1.54) is 22.7 Å². The third-order valence-electron chi connectivity index (χ3n) is 6.49. The van der Waals surface area contributed by atoms with Crippen molar-refractivity contribution in [3.05, 3.63) is 58.6 Å². The van der Waals surface area contributed by atoms with Crippen molar-refractivity contribution in [3.63, 3.8) is 0 Å². The Labute approximate surface area is 245 Å². The van der Waals surface area contributed by atoms with E-state index in [4.69, 9.17) is 22.1 Å². The highest BCUT2D eigenvalue weighted by atomic mass is 35.5. The summed E-state index contributed by atoms with van der Waals surface area (Å²) in [6.45, 7) is 11.8. The van der Waals surface area contributed by atoms with Crippen LogP contribution in [0.4, 0.5) is 5.69 Å². The number of anilines is 1. The lowest BCUT2D eigenvalue weighted by Crippen LogP contribution is -2.60. The Hall–Kier alpha value is -2.95. The number of thioether (sulfide) groups is 1. The molecule has 3 rings (SSSR count). The molecule has 0 bridgehead atoms. The first-order valence-corrected chi connectivity index (χ1v) is 14.5. The zero-order valence-electron chi connectivity index (χ0n) is 23.8. The monoisotopic (exact) mass is 590 g/mol. The molecule has 0 radical (unpaired) electrons. The molecule has 0 aliphatic carbocycles. The quantitative estimate of drug-likeness (QED) is 0.328. The number of carbonyl (C=O) groups is 3. The summed E-state index contributed by atoms with van der Waals surface area (Å²) < 4.78 is 4.92. The molecule has 11 heteroatoms. The van der Waals surface area contributed by atoms with E-state index in [0.717, 1.165) is 5.56 Å². The van der Waals surface area contributed by atoms with E-state index in [9.17, 15) is 19.5 Å². The molecule has 218 valence electrons. The molecule has 0 aromatic heterocycles. The number of hydrogen-bond acceptors (Lipinski definition) is 7. The molecule has 2 aromatic rings. The lowest BCUT2D eigenvalue weighted by Gasteiger charge is -2.35.